The SMILES string of the molecule is COc1cc(C=C(C#N)C(=O)Nc2nncs2)ccc1OCc1cc(=O)n2nc(C)sc2n1. The summed E-state index contributed by atoms with van der Waals surface area (Å²) in [5.41, 5.74) is 2.08. The number of carbonyl (C=O) groups excluding carboxylic acids is 1. The molecule has 0 aliphatic heterocycles. The third kappa shape index (κ3) is 5.03. The predicted octanol–water partition coefficient (Wildman–Crippen LogP) is 2.44. The topological polar surface area (TPSA) is 144 Å². The van der Waals surface area contributed by atoms with Crippen LogP contribution >= 0.6 is 22.7 Å². The Kier molecular flexibility index (Phi) is 6.38. The molecule has 3 heterocycles. The maximum atomic E-state index is 12.3. The van der Waals surface area contributed by atoms with Gasteiger partial charge in [0.15, 0.2) is 11.5 Å². The number of ether oxygens (including phenoxy) is 2. The second kappa shape index (κ2) is 9.55. The maximum Gasteiger partial charge on any atom is 0.275 e. The summed E-state index contributed by atoms with van der Waals surface area (Å²) < 4.78 is 12.4. The lowest BCUT2D eigenvalue weighted by Crippen LogP contribution is -2.16. The number of amides is 1. The van der Waals surface area contributed by atoms with Crippen LogP contribution in [0.25, 0.3) is 11.0 Å². The Bertz CT molecular complexity index is 1450. The van der Waals surface area contributed by atoms with Crippen LogP contribution in [0.4, 0.5) is 5.13 Å². The summed E-state index contributed by atoms with van der Waals surface area (Å²) in [4.78, 5) is 29.4. The molecule has 1 amide bonds. The molecule has 4 aromatic rings. The zero-order chi connectivity index (χ0) is 23.4. The van der Waals surface area contributed by atoms with Crippen molar-refractivity contribution in [2.75, 3.05) is 12.4 Å². The predicted molar refractivity (Wildman–Crippen MR) is 121 cm³/mol. The highest BCUT2D eigenvalue weighted by Gasteiger charge is 2.13. The number of carbonyl (C=O) groups is 1. The van der Waals surface area contributed by atoms with Crippen LogP contribution in [0.1, 0.15) is 16.3 Å². The van der Waals surface area contributed by atoms with Crippen molar-refractivity contribution in [1.29, 1.82) is 5.26 Å². The van der Waals surface area contributed by atoms with Crippen LogP contribution in [0.2, 0.25) is 0 Å². The average Bonchev–Trinajstić information content (AvgIpc) is 3.45. The molecule has 0 aliphatic carbocycles. The van der Waals surface area contributed by atoms with Crippen LogP contribution in [0.15, 0.2) is 40.1 Å². The van der Waals surface area contributed by atoms with Crippen LogP contribution < -0.4 is 20.3 Å². The van der Waals surface area contributed by atoms with E-state index in [-0.39, 0.29) is 17.7 Å². The first-order valence-corrected chi connectivity index (χ1v) is 11.0. The Morgan fingerprint density at radius 1 is 1.33 bits per heavy atom. The van der Waals surface area contributed by atoms with Crippen LogP contribution in [0, 0.1) is 18.3 Å². The number of aryl methyl sites for hydroxylation is 1. The quantitative estimate of drug-likeness (QED) is 0.311. The monoisotopic (exact) mass is 481 g/mol. The highest BCUT2D eigenvalue weighted by molar-refractivity contribution is 7.16. The van der Waals surface area contributed by atoms with Crippen molar-refractivity contribution < 1.29 is 14.3 Å². The molecule has 0 aliphatic rings. The first-order chi connectivity index (χ1) is 16.0. The normalized spacial score (nSPS) is 11.2. The van der Waals surface area contributed by atoms with Crippen molar-refractivity contribution in [1.82, 2.24) is 24.8 Å². The zero-order valence-electron chi connectivity index (χ0n) is 17.3. The molecule has 1 N–H and O–H groups in total. The van der Waals surface area contributed by atoms with E-state index in [2.05, 4.69) is 25.6 Å². The van der Waals surface area contributed by atoms with E-state index < -0.39 is 5.91 Å². The molecule has 4 rings (SSSR count). The molecule has 11 nitrogen and oxygen atoms in total. The molecule has 0 radical (unpaired) electrons. The van der Waals surface area contributed by atoms with E-state index in [4.69, 9.17) is 9.47 Å². The maximum absolute atomic E-state index is 12.3. The van der Waals surface area contributed by atoms with Gasteiger partial charge in [-0.05, 0) is 30.7 Å². The minimum Gasteiger partial charge on any atom is -0.493 e. The van der Waals surface area contributed by atoms with E-state index in [1.807, 2.05) is 6.07 Å². The lowest BCUT2D eigenvalue weighted by Gasteiger charge is -2.11. The van der Waals surface area contributed by atoms with Gasteiger partial charge < -0.3 is 9.47 Å². The molecule has 0 atom stereocenters. The summed E-state index contributed by atoms with van der Waals surface area (Å²) in [6, 6.07) is 8.18. The Balaban J connectivity index is 1.51. The van der Waals surface area contributed by atoms with Gasteiger partial charge in [0, 0.05) is 6.07 Å². The van der Waals surface area contributed by atoms with Crippen LogP contribution in [-0.4, -0.2) is 37.8 Å². The second-order valence-electron chi connectivity index (χ2n) is 6.47. The molecule has 166 valence electrons. The summed E-state index contributed by atoms with van der Waals surface area (Å²) >= 11 is 2.45. The van der Waals surface area contributed by atoms with E-state index in [9.17, 15) is 14.9 Å². The molecule has 0 spiro atoms. The number of methoxy groups -OCH3 is 1. The fourth-order valence-corrected chi connectivity index (χ4v) is 3.98. The summed E-state index contributed by atoms with van der Waals surface area (Å²) in [6.45, 7) is 1.84. The number of nitrogens with zero attached hydrogens (tertiary/aromatic N) is 6. The van der Waals surface area contributed by atoms with Crippen LogP contribution in [0.3, 0.4) is 0 Å². The summed E-state index contributed by atoms with van der Waals surface area (Å²) in [5.74, 6) is 0.200. The van der Waals surface area contributed by atoms with Crippen molar-refractivity contribution in [3.63, 3.8) is 0 Å². The van der Waals surface area contributed by atoms with E-state index in [0.717, 1.165) is 16.3 Å². The van der Waals surface area contributed by atoms with Crippen molar-refractivity contribution >= 4 is 44.7 Å². The van der Waals surface area contributed by atoms with Crippen molar-refractivity contribution in [3.05, 3.63) is 62.0 Å². The molecule has 0 unspecified atom stereocenters. The van der Waals surface area contributed by atoms with Gasteiger partial charge in [-0.15, -0.1) is 10.2 Å². The molecule has 0 saturated heterocycles. The molecule has 0 bridgehead atoms. The highest BCUT2D eigenvalue weighted by Crippen LogP contribution is 2.29. The standard InChI is InChI=1S/C20H15N7O4S2/c1-11-26-27-17(28)7-14(23-20(27)33-11)9-31-15-4-3-12(6-16(15)30-2)5-13(8-21)18(29)24-19-25-22-10-32-19/h3-7,10H,9H2,1-2H3,(H,24,25,29). The first kappa shape index (κ1) is 22.1. The second-order valence-corrected chi connectivity index (χ2v) is 8.46. The molecule has 0 saturated carbocycles. The Labute approximate surface area is 194 Å². The number of rotatable bonds is 7. The summed E-state index contributed by atoms with van der Waals surface area (Å²) in [7, 11) is 1.47. The van der Waals surface area contributed by atoms with Crippen molar-refractivity contribution in [2.24, 2.45) is 0 Å². The number of aromatic nitrogens is 5. The molecule has 0 fully saturated rings. The lowest BCUT2D eigenvalue weighted by atomic mass is 10.1. The van der Waals surface area contributed by atoms with Gasteiger partial charge in [0.1, 0.15) is 28.8 Å². The van der Waals surface area contributed by atoms with E-state index in [1.54, 1.807) is 25.1 Å². The van der Waals surface area contributed by atoms with Gasteiger partial charge in [-0.3, -0.25) is 14.9 Å². The van der Waals surface area contributed by atoms with Gasteiger partial charge in [0.05, 0.1) is 12.8 Å². The number of benzene rings is 1. The number of hydrogen-bond acceptors (Lipinski definition) is 11. The van der Waals surface area contributed by atoms with Gasteiger partial charge in [0.25, 0.3) is 11.5 Å². The first-order valence-electron chi connectivity index (χ1n) is 9.33. The van der Waals surface area contributed by atoms with Crippen LogP contribution in [0.5, 0.6) is 11.5 Å². The minimum absolute atomic E-state index is 0.0436. The number of nitrogens with one attached hydrogen (secondary N) is 1. The third-order valence-corrected chi connectivity index (χ3v) is 5.65. The highest BCUT2D eigenvalue weighted by atomic mass is 32.1. The average molecular weight is 482 g/mol. The van der Waals surface area contributed by atoms with Crippen molar-refractivity contribution in [2.45, 2.75) is 13.5 Å². The summed E-state index contributed by atoms with van der Waals surface area (Å²) in [5, 5.41) is 24.4. The van der Waals surface area contributed by atoms with E-state index >= 15 is 0 Å². The summed E-state index contributed by atoms with van der Waals surface area (Å²) in [6.07, 6.45) is 1.42. The van der Waals surface area contributed by atoms with Crippen LogP contribution in [-0.2, 0) is 11.4 Å². The van der Waals surface area contributed by atoms with Gasteiger partial charge in [0.2, 0.25) is 10.1 Å². The molecule has 13 heteroatoms. The van der Waals surface area contributed by atoms with E-state index in [0.29, 0.717) is 32.8 Å². The van der Waals surface area contributed by atoms with Gasteiger partial charge in [-0.1, -0.05) is 28.7 Å². The third-order valence-electron chi connectivity index (χ3n) is 4.22. The smallest absolute Gasteiger partial charge is 0.275 e. The number of hydrogen-bond donors (Lipinski definition) is 1. The molecule has 1 aromatic carbocycles. The Morgan fingerprint density at radius 3 is 2.91 bits per heavy atom. The Morgan fingerprint density at radius 2 is 2.18 bits per heavy atom. The molecular weight excluding hydrogens is 466 g/mol. The Hall–Kier alpha value is -4.15. The number of nitriles is 1. The number of fused-ring (bicyclic) bond motifs is 1. The lowest BCUT2D eigenvalue weighted by molar-refractivity contribution is -0.112. The minimum atomic E-state index is -0.598. The van der Waals surface area contributed by atoms with Gasteiger partial charge >= 0.3 is 0 Å². The van der Waals surface area contributed by atoms with Gasteiger partial charge in [-0.2, -0.15) is 14.9 Å². The fourth-order valence-electron chi connectivity index (χ4n) is 2.78. The van der Waals surface area contributed by atoms with Crippen molar-refractivity contribution in [3.8, 4) is 17.6 Å². The van der Waals surface area contributed by atoms with Gasteiger partial charge in [-0.25, -0.2) is 4.98 Å². The van der Waals surface area contributed by atoms with E-state index in [1.165, 1.54) is 40.6 Å². The molecule has 33 heavy (non-hydrogen) atoms. The largest absolute Gasteiger partial charge is 0.493 e. The number of anilines is 1. The fraction of sp³-hybridized carbons (Fsp3) is 0.150. The molecule has 3 aromatic heterocycles. The molecular formula is C20H15N7O4S2. The zero-order valence-corrected chi connectivity index (χ0v) is 18.9.